The van der Waals surface area contributed by atoms with Gasteiger partial charge in [-0.05, 0) is 56.7 Å². The summed E-state index contributed by atoms with van der Waals surface area (Å²) in [5.41, 5.74) is 2.25. The second kappa shape index (κ2) is 10.2. The minimum atomic E-state index is -0.465. The molecule has 0 atom stereocenters. The largest absolute Gasteiger partial charge is 0.463 e. The van der Waals surface area contributed by atoms with Crippen molar-refractivity contribution in [2.75, 3.05) is 25.1 Å². The van der Waals surface area contributed by atoms with Crippen molar-refractivity contribution in [3.05, 3.63) is 59.4 Å². The van der Waals surface area contributed by atoms with E-state index in [1.807, 2.05) is 63.1 Å². The molecule has 0 heterocycles. The number of rotatable bonds is 8. The fourth-order valence-corrected chi connectivity index (χ4v) is 2.40. The number of carbonyl (C=O) groups excluding carboxylic acids is 1. The van der Waals surface area contributed by atoms with E-state index in [9.17, 15) is 10.1 Å². The molecule has 0 spiro atoms. The van der Waals surface area contributed by atoms with Gasteiger partial charge in [-0.15, -0.1) is 5.11 Å². The Kier molecular flexibility index (Phi) is 7.66. The lowest BCUT2D eigenvalue weighted by Crippen LogP contribution is -2.30. The molecule has 30 heavy (non-hydrogen) atoms. The Bertz CT molecular complexity index is 998. The Hall–Kier alpha value is -3.71. The van der Waals surface area contributed by atoms with Crippen LogP contribution in [0, 0.1) is 23.3 Å². The fraction of sp³-hybridized carbons (Fsp3) is 0.348. The van der Waals surface area contributed by atoms with Gasteiger partial charge in [0.05, 0.1) is 29.8 Å². The molecule has 0 bridgehead atoms. The summed E-state index contributed by atoms with van der Waals surface area (Å²) in [7, 11) is 1.92. The number of esters is 1. The molecule has 0 amide bonds. The zero-order chi connectivity index (χ0) is 22.1. The van der Waals surface area contributed by atoms with Crippen LogP contribution in [0.25, 0.3) is 4.85 Å². The van der Waals surface area contributed by atoms with Crippen LogP contribution in [0.2, 0.25) is 0 Å². The van der Waals surface area contributed by atoms with Crippen LogP contribution >= 0.6 is 0 Å². The zero-order valence-electron chi connectivity index (χ0n) is 17.7. The molecule has 0 aliphatic carbocycles. The minimum Gasteiger partial charge on any atom is -0.463 e. The highest BCUT2D eigenvalue weighted by Gasteiger charge is 2.26. The molecular formula is C23H25N5O2. The summed E-state index contributed by atoms with van der Waals surface area (Å²) < 4.78 is 5.38. The van der Waals surface area contributed by atoms with Crippen molar-refractivity contribution in [3.8, 4) is 6.07 Å². The molecule has 0 aromatic heterocycles. The summed E-state index contributed by atoms with van der Waals surface area (Å²) in [6, 6.07) is 14.2. The molecule has 0 radical (unpaired) electrons. The third-order valence-corrected chi connectivity index (χ3v) is 4.89. The standard InChI is InChI=1S/C23H25N5O2/c1-6-23(2,3)22(29)30-14-13-28(5)20-10-7-18(8-11-20)26-27-21-12-9-19(25-4)15-17(21)16-24/h7-12,15H,6,13-14H2,1-3,5H3. The van der Waals surface area contributed by atoms with Gasteiger partial charge in [-0.2, -0.15) is 10.4 Å². The summed E-state index contributed by atoms with van der Waals surface area (Å²) in [5, 5.41) is 17.5. The van der Waals surface area contributed by atoms with E-state index in [1.54, 1.807) is 12.1 Å². The first-order valence-electron chi connectivity index (χ1n) is 9.62. The van der Waals surface area contributed by atoms with Crippen LogP contribution in [-0.4, -0.2) is 26.2 Å². The summed E-state index contributed by atoms with van der Waals surface area (Å²) in [5.74, 6) is -0.185. The van der Waals surface area contributed by atoms with Crippen molar-refractivity contribution in [2.24, 2.45) is 15.6 Å². The number of likely N-dealkylation sites (N-methyl/N-ethyl adjacent to an activating group) is 1. The number of carbonyl (C=O) groups is 1. The number of anilines is 1. The Morgan fingerprint density at radius 1 is 1.23 bits per heavy atom. The van der Waals surface area contributed by atoms with Crippen LogP contribution in [0.5, 0.6) is 0 Å². The molecule has 7 nitrogen and oxygen atoms in total. The lowest BCUT2D eigenvalue weighted by atomic mass is 9.91. The van der Waals surface area contributed by atoms with E-state index in [0.29, 0.717) is 35.8 Å². The molecule has 154 valence electrons. The van der Waals surface area contributed by atoms with Crippen molar-refractivity contribution >= 4 is 28.7 Å². The first-order chi connectivity index (χ1) is 14.3. The smallest absolute Gasteiger partial charge is 0.311 e. The predicted molar refractivity (Wildman–Crippen MR) is 116 cm³/mol. The third kappa shape index (κ3) is 5.89. The minimum absolute atomic E-state index is 0.185. The lowest BCUT2D eigenvalue weighted by molar-refractivity contribution is -0.153. The summed E-state index contributed by atoms with van der Waals surface area (Å²) in [6.45, 7) is 13.6. The quantitative estimate of drug-likeness (QED) is 0.310. The van der Waals surface area contributed by atoms with E-state index < -0.39 is 5.41 Å². The van der Waals surface area contributed by atoms with Gasteiger partial charge in [-0.25, -0.2) is 4.85 Å². The summed E-state index contributed by atoms with van der Waals surface area (Å²) in [6.07, 6.45) is 0.733. The SMILES string of the molecule is [C-]#[N+]c1ccc(N=Nc2ccc(N(C)CCOC(=O)C(C)(C)CC)cc2)c(C#N)c1. The van der Waals surface area contributed by atoms with E-state index in [-0.39, 0.29) is 5.97 Å². The molecule has 2 aromatic carbocycles. The van der Waals surface area contributed by atoms with Gasteiger partial charge >= 0.3 is 5.97 Å². The molecule has 0 aliphatic rings. The molecule has 7 heteroatoms. The van der Waals surface area contributed by atoms with Gasteiger partial charge in [0, 0.05) is 12.7 Å². The maximum absolute atomic E-state index is 12.0. The molecule has 0 fully saturated rings. The topological polar surface area (TPSA) is 82.4 Å². The number of nitrogens with zero attached hydrogens (tertiary/aromatic N) is 5. The molecule has 0 saturated carbocycles. The third-order valence-electron chi connectivity index (χ3n) is 4.89. The Balaban J connectivity index is 1.97. The highest BCUT2D eigenvalue weighted by molar-refractivity contribution is 5.75. The van der Waals surface area contributed by atoms with Gasteiger partial charge in [-0.1, -0.05) is 13.0 Å². The normalized spacial score (nSPS) is 11.0. The van der Waals surface area contributed by atoms with Crippen LogP contribution in [-0.2, 0) is 9.53 Å². The molecular weight excluding hydrogens is 378 g/mol. The van der Waals surface area contributed by atoms with Crippen molar-refractivity contribution in [1.29, 1.82) is 5.26 Å². The average Bonchev–Trinajstić information content (AvgIpc) is 2.77. The summed E-state index contributed by atoms with van der Waals surface area (Å²) in [4.78, 5) is 17.3. The van der Waals surface area contributed by atoms with Crippen LogP contribution < -0.4 is 4.90 Å². The van der Waals surface area contributed by atoms with Gasteiger partial charge in [0.1, 0.15) is 18.4 Å². The Morgan fingerprint density at radius 2 is 1.93 bits per heavy atom. The summed E-state index contributed by atoms with van der Waals surface area (Å²) >= 11 is 0. The first-order valence-corrected chi connectivity index (χ1v) is 9.62. The molecule has 2 rings (SSSR count). The number of hydrogen-bond donors (Lipinski definition) is 0. The van der Waals surface area contributed by atoms with Crippen molar-refractivity contribution in [1.82, 2.24) is 0 Å². The average molecular weight is 403 g/mol. The van der Waals surface area contributed by atoms with E-state index in [4.69, 9.17) is 11.3 Å². The van der Waals surface area contributed by atoms with E-state index in [2.05, 4.69) is 15.1 Å². The molecule has 0 N–H and O–H groups in total. The van der Waals surface area contributed by atoms with Gasteiger partial charge in [-0.3, -0.25) is 4.79 Å². The molecule has 0 unspecified atom stereocenters. The monoisotopic (exact) mass is 403 g/mol. The number of nitriles is 1. The number of azo groups is 1. The lowest BCUT2D eigenvalue weighted by Gasteiger charge is -2.23. The van der Waals surface area contributed by atoms with E-state index in [1.165, 1.54) is 6.07 Å². The van der Waals surface area contributed by atoms with Crippen LogP contribution in [0.4, 0.5) is 22.7 Å². The van der Waals surface area contributed by atoms with Gasteiger partial charge in [0.2, 0.25) is 0 Å². The van der Waals surface area contributed by atoms with Crippen molar-refractivity contribution < 1.29 is 9.53 Å². The van der Waals surface area contributed by atoms with E-state index >= 15 is 0 Å². The van der Waals surface area contributed by atoms with Crippen LogP contribution in [0.15, 0.2) is 52.7 Å². The highest BCUT2D eigenvalue weighted by atomic mass is 16.5. The van der Waals surface area contributed by atoms with Crippen molar-refractivity contribution in [3.63, 3.8) is 0 Å². The highest BCUT2D eigenvalue weighted by Crippen LogP contribution is 2.27. The molecule has 0 saturated heterocycles. The number of benzene rings is 2. The molecule has 2 aromatic rings. The maximum atomic E-state index is 12.0. The first kappa shape index (κ1) is 22.6. The zero-order valence-corrected chi connectivity index (χ0v) is 17.7. The van der Waals surface area contributed by atoms with E-state index in [0.717, 1.165) is 12.1 Å². The number of ether oxygens (including phenoxy) is 1. The van der Waals surface area contributed by atoms with Gasteiger partial charge < -0.3 is 9.64 Å². The molecule has 0 aliphatic heterocycles. The second-order valence-corrected chi connectivity index (χ2v) is 7.44. The van der Waals surface area contributed by atoms with Gasteiger partial charge in [0.15, 0.2) is 5.69 Å². The second-order valence-electron chi connectivity index (χ2n) is 7.44. The number of hydrogen-bond acceptors (Lipinski definition) is 6. The predicted octanol–water partition coefficient (Wildman–Crippen LogP) is 5.94. The van der Waals surface area contributed by atoms with Gasteiger partial charge in [0.25, 0.3) is 0 Å². The maximum Gasteiger partial charge on any atom is 0.311 e. The van der Waals surface area contributed by atoms with Crippen LogP contribution in [0.3, 0.4) is 0 Å². The Labute approximate surface area is 177 Å². The Morgan fingerprint density at radius 3 is 2.53 bits per heavy atom. The van der Waals surface area contributed by atoms with Crippen molar-refractivity contribution in [2.45, 2.75) is 27.2 Å². The van der Waals surface area contributed by atoms with Crippen LogP contribution in [0.1, 0.15) is 32.8 Å². The fourth-order valence-electron chi connectivity index (χ4n) is 2.40.